The smallest absolute Gasteiger partial charge is 0.319 e. The fraction of sp³-hybridized carbons (Fsp3) is 0.462. The van der Waals surface area contributed by atoms with Crippen LogP contribution >= 0.6 is 15.9 Å². The van der Waals surface area contributed by atoms with E-state index in [1.54, 1.807) is 12.1 Å². The molecule has 2 fully saturated rings. The Morgan fingerprint density at radius 1 is 1.28 bits per heavy atom. The zero-order valence-corrected chi connectivity index (χ0v) is 11.4. The molecule has 3 nitrogen and oxygen atoms in total. The molecule has 2 amide bonds. The van der Waals surface area contributed by atoms with E-state index in [9.17, 15) is 9.18 Å². The van der Waals surface area contributed by atoms with E-state index < -0.39 is 0 Å². The van der Waals surface area contributed by atoms with Crippen LogP contribution in [-0.4, -0.2) is 23.0 Å². The zero-order chi connectivity index (χ0) is 12.7. The summed E-state index contributed by atoms with van der Waals surface area (Å²) in [5, 5.41) is 2.78. The van der Waals surface area contributed by atoms with E-state index in [0.717, 1.165) is 25.7 Å². The van der Waals surface area contributed by atoms with Gasteiger partial charge in [0.05, 0.1) is 4.47 Å². The Balaban J connectivity index is 1.72. The second kappa shape index (κ2) is 4.53. The number of anilines is 1. The molecule has 3 rings (SSSR count). The minimum atomic E-state index is -0.364. The minimum absolute atomic E-state index is 0.0956. The van der Waals surface area contributed by atoms with Gasteiger partial charge in [0.1, 0.15) is 5.82 Å². The summed E-state index contributed by atoms with van der Waals surface area (Å²) in [7, 11) is 0. The van der Waals surface area contributed by atoms with Crippen LogP contribution in [0.15, 0.2) is 22.7 Å². The quantitative estimate of drug-likeness (QED) is 0.841. The van der Waals surface area contributed by atoms with Gasteiger partial charge in [-0.2, -0.15) is 0 Å². The largest absolute Gasteiger partial charge is 0.322 e. The molecule has 0 unspecified atom stereocenters. The SMILES string of the molecule is O=C(Nc1ccc(Br)c(F)c1)N1C2CCC1CC2. The molecule has 0 saturated carbocycles. The summed E-state index contributed by atoms with van der Waals surface area (Å²) in [5.41, 5.74) is 0.506. The summed E-state index contributed by atoms with van der Waals surface area (Å²) >= 11 is 3.09. The van der Waals surface area contributed by atoms with Crippen molar-refractivity contribution in [3.05, 3.63) is 28.5 Å². The predicted octanol–water partition coefficient (Wildman–Crippen LogP) is 3.75. The van der Waals surface area contributed by atoms with E-state index in [1.165, 1.54) is 6.07 Å². The summed E-state index contributed by atoms with van der Waals surface area (Å²) in [5.74, 6) is -0.364. The van der Waals surface area contributed by atoms with Crippen LogP contribution in [0.4, 0.5) is 14.9 Å². The Morgan fingerprint density at radius 2 is 1.89 bits per heavy atom. The minimum Gasteiger partial charge on any atom is -0.319 e. The standard InChI is InChI=1S/C13H14BrFN2O/c14-11-6-1-8(7-12(11)15)16-13(18)17-9-2-3-10(17)5-4-9/h1,6-7,9-10H,2-5H2,(H,16,18). The molecule has 18 heavy (non-hydrogen) atoms. The number of hydrogen-bond donors (Lipinski definition) is 1. The van der Waals surface area contributed by atoms with Gasteiger partial charge in [-0.05, 0) is 59.8 Å². The Kier molecular flexibility index (Phi) is 3.01. The lowest BCUT2D eigenvalue weighted by Gasteiger charge is -2.22. The molecular formula is C13H14BrFN2O. The fourth-order valence-corrected chi connectivity index (χ4v) is 3.25. The molecule has 2 aliphatic rings. The molecule has 96 valence electrons. The van der Waals surface area contributed by atoms with Crippen LogP contribution in [0.1, 0.15) is 25.7 Å². The Bertz CT molecular complexity index is 474. The first-order valence-corrected chi connectivity index (χ1v) is 6.99. The van der Waals surface area contributed by atoms with E-state index in [0.29, 0.717) is 22.2 Å². The molecule has 1 aromatic carbocycles. The molecule has 2 heterocycles. The van der Waals surface area contributed by atoms with Gasteiger partial charge in [0.15, 0.2) is 0 Å². The van der Waals surface area contributed by atoms with Gasteiger partial charge in [0.25, 0.3) is 0 Å². The number of carbonyl (C=O) groups excluding carboxylic acids is 1. The molecule has 0 atom stereocenters. The number of fused-ring (bicyclic) bond motifs is 2. The molecule has 0 spiro atoms. The third-order valence-electron chi connectivity index (χ3n) is 3.86. The molecule has 0 aliphatic carbocycles. The maximum absolute atomic E-state index is 13.4. The average molecular weight is 313 g/mol. The summed E-state index contributed by atoms with van der Waals surface area (Å²) in [6.45, 7) is 0. The zero-order valence-electron chi connectivity index (χ0n) is 9.83. The van der Waals surface area contributed by atoms with E-state index in [1.807, 2.05) is 4.90 Å². The van der Waals surface area contributed by atoms with Crippen LogP contribution in [0.5, 0.6) is 0 Å². The lowest BCUT2D eigenvalue weighted by Crippen LogP contribution is -2.38. The van der Waals surface area contributed by atoms with Crippen LogP contribution < -0.4 is 5.32 Å². The van der Waals surface area contributed by atoms with Gasteiger partial charge in [-0.1, -0.05) is 0 Å². The van der Waals surface area contributed by atoms with Crippen LogP contribution in [-0.2, 0) is 0 Å². The number of urea groups is 1. The summed E-state index contributed by atoms with van der Waals surface area (Å²) < 4.78 is 13.8. The van der Waals surface area contributed by atoms with Crippen LogP contribution in [0, 0.1) is 5.82 Å². The number of halogens is 2. The van der Waals surface area contributed by atoms with Gasteiger partial charge in [0.2, 0.25) is 0 Å². The molecule has 2 aliphatic heterocycles. The number of hydrogen-bond acceptors (Lipinski definition) is 1. The first-order valence-electron chi connectivity index (χ1n) is 6.19. The topological polar surface area (TPSA) is 32.3 Å². The highest BCUT2D eigenvalue weighted by Crippen LogP contribution is 2.37. The van der Waals surface area contributed by atoms with E-state index in [4.69, 9.17) is 0 Å². The van der Waals surface area contributed by atoms with Gasteiger partial charge >= 0.3 is 6.03 Å². The van der Waals surface area contributed by atoms with E-state index in [2.05, 4.69) is 21.2 Å². The highest BCUT2D eigenvalue weighted by molar-refractivity contribution is 9.10. The molecule has 2 saturated heterocycles. The fourth-order valence-electron chi connectivity index (χ4n) is 3.01. The Labute approximate surface area is 113 Å². The number of nitrogens with one attached hydrogen (secondary N) is 1. The lowest BCUT2D eigenvalue weighted by molar-refractivity contribution is 0.206. The lowest BCUT2D eigenvalue weighted by atomic mass is 10.0. The first-order chi connectivity index (χ1) is 8.65. The highest BCUT2D eigenvalue weighted by Gasteiger charge is 2.42. The summed E-state index contributed by atoms with van der Waals surface area (Å²) in [6.07, 6.45) is 4.42. The third-order valence-corrected chi connectivity index (χ3v) is 4.50. The van der Waals surface area contributed by atoms with Gasteiger partial charge in [0, 0.05) is 17.8 Å². The second-order valence-electron chi connectivity index (χ2n) is 4.93. The normalized spacial score (nSPS) is 25.6. The maximum Gasteiger partial charge on any atom is 0.322 e. The number of benzene rings is 1. The van der Waals surface area contributed by atoms with Crippen molar-refractivity contribution in [2.75, 3.05) is 5.32 Å². The van der Waals surface area contributed by atoms with Crippen molar-refractivity contribution in [3.8, 4) is 0 Å². The average Bonchev–Trinajstić information content (AvgIpc) is 2.93. The number of amides is 2. The van der Waals surface area contributed by atoms with Crippen molar-refractivity contribution in [1.82, 2.24) is 4.90 Å². The first kappa shape index (κ1) is 12.0. The van der Waals surface area contributed by atoms with E-state index in [-0.39, 0.29) is 11.8 Å². The molecule has 5 heteroatoms. The van der Waals surface area contributed by atoms with Crippen LogP contribution in [0.25, 0.3) is 0 Å². The number of rotatable bonds is 1. The molecule has 0 aromatic heterocycles. The molecule has 1 N–H and O–H groups in total. The van der Waals surface area contributed by atoms with Gasteiger partial charge in [-0.3, -0.25) is 0 Å². The monoisotopic (exact) mass is 312 g/mol. The Hall–Kier alpha value is -1.10. The third kappa shape index (κ3) is 2.00. The Morgan fingerprint density at radius 3 is 2.44 bits per heavy atom. The molecular weight excluding hydrogens is 299 g/mol. The molecule has 2 bridgehead atoms. The number of carbonyl (C=O) groups is 1. The second-order valence-corrected chi connectivity index (χ2v) is 5.78. The van der Waals surface area contributed by atoms with Crippen molar-refractivity contribution < 1.29 is 9.18 Å². The van der Waals surface area contributed by atoms with Crippen molar-refractivity contribution in [2.24, 2.45) is 0 Å². The molecule has 1 aromatic rings. The number of nitrogens with zero attached hydrogens (tertiary/aromatic N) is 1. The van der Waals surface area contributed by atoms with Gasteiger partial charge in [-0.25, -0.2) is 9.18 Å². The van der Waals surface area contributed by atoms with Gasteiger partial charge < -0.3 is 10.2 Å². The van der Waals surface area contributed by atoms with Crippen LogP contribution in [0.2, 0.25) is 0 Å². The van der Waals surface area contributed by atoms with E-state index >= 15 is 0 Å². The van der Waals surface area contributed by atoms with Crippen LogP contribution in [0.3, 0.4) is 0 Å². The highest BCUT2D eigenvalue weighted by atomic mass is 79.9. The van der Waals surface area contributed by atoms with Gasteiger partial charge in [-0.15, -0.1) is 0 Å². The van der Waals surface area contributed by atoms with Crippen molar-refractivity contribution >= 4 is 27.6 Å². The molecule has 0 radical (unpaired) electrons. The predicted molar refractivity (Wildman–Crippen MR) is 71.0 cm³/mol. The summed E-state index contributed by atoms with van der Waals surface area (Å²) in [4.78, 5) is 14.1. The van der Waals surface area contributed by atoms with Crippen molar-refractivity contribution in [3.63, 3.8) is 0 Å². The van der Waals surface area contributed by atoms with Crippen molar-refractivity contribution in [2.45, 2.75) is 37.8 Å². The summed E-state index contributed by atoms with van der Waals surface area (Å²) in [6, 6.07) is 5.30. The van der Waals surface area contributed by atoms with Crippen molar-refractivity contribution in [1.29, 1.82) is 0 Å². The maximum atomic E-state index is 13.4.